The molecule has 0 spiro atoms. The van der Waals surface area contributed by atoms with Gasteiger partial charge >= 0.3 is 0 Å². The van der Waals surface area contributed by atoms with E-state index >= 15 is 0 Å². The van der Waals surface area contributed by atoms with Crippen molar-refractivity contribution in [3.8, 4) is 11.4 Å². The van der Waals surface area contributed by atoms with E-state index in [1.807, 2.05) is 18.6 Å². The van der Waals surface area contributed by atoms with Crippen LogP contribution in [0.2, 0.25) is 0 Å². The molecule has 2 aromatic rings. The fourth-order valence-corrected chi connectivity index (χ4v) is 3.53. The third-order valence-electron chi connectivity index (χ3n) is 5.39. The summed E-state index contributed by atoms with van der Waals surface area (Å²) < 4.78 is 0. The maximum absolute atomic E-state index is 4.62. The monoisotopic (exact) mass is 381 g/mol. The highest BCUT2D eigenvalue weighted by atomic mass is 14.9. The lowest BCUT2D eigenvalue weighted by molar-refractivity contribution is 0.605. The van der Waals surface area contributed by atoms with Crippen molar-refractivity contribution in [2.75, 3.05) is 0 Å². The Labute approximate surface area is 172 Å². The number of rotatable bonds is 15. The van der Waals surface area contributed by atoms with E-state index in [-0.39, 0.29) is 0 Å². The Morgan fingerprint density at radius 1 is 0.571 bits per heavy atom. The minimum Gasteiger partial charge on any atom is -0.261 e. The van der Waals surface area contributed by atoms with Crippen LogP contribution in [0, 0.1) is 0 Å². The molecule has 0 amide bonds. The maximum Gasteiger partial charge on any atom is 0.160 e. The van der Waals surface area contributed by atoms with Gasteiger partial charge in [-0.2, -0.15) is 0 Å². The third kappa shape index (κ3) is 8.95. The molecule has 154 valence electrons. The molecule has 0 saturated carbocycles. The van der Waals surface area contributed by atoms with E-state index in [1.165, 1.54) is 88.3 Å². The van der Waals surface area contributed by atoms with Gasteiger partial charge < -0.3 is 0 Å². The minimum absolute atomic E-state index is 0.783. The van der Waals surface area contributed by atoms with Crippen molar-refractivity contribution in [1.29, 1.82) is 0 Å². The molecule has 0 fully saturated rings. The summed E-state index contributed by atoms with van der Waals surface area (Å²) in [5.41, 5.74) is 3.43. The highest BCUT2D eigenvalue weighted by Crippen LogP contribution is 2.16. The van der Waals surface area contributed by atoms with Gasteiger partial charge in [0.05, 0.1) is 0 Å². The minimum atomic E-state index is 0.783. The first-order valence-corrected chi connectivity index (χ1v) is 11.6. The Morgan fingerprint density at radius 3 is 1.71 bits per heavy atom. The molecule has 2 heterocycles. The molecule has 0 saturated heterocycles. The fraction of sp³-hybridized carbons (Fsp3) is 0.640. The van der Waals surface area contributed by atoms with Crippen LogP contribution >= 0.6 is 0 Å². The maximum atomic E-state index is 4.62. The van der Waals surface area contributed by atoms with E-state index in [9.17, 15) is 0 Å². The molecule has 0 aliphatic rings. The van der Waals surface area contributed by atoms with Gasteiger partial charge in [0.15, 0.2) is 5.82 Å². The quantitative estimate of drug-likeness (QED) is 0.303. The normalized spacial score (nSPS) is 11.1. The Kier molecular flexibility index (Phi) is 11.5. The molecule has 0 radical (unpaired) electrons. The Bertz CT molecular complexity index is 562. The van der Waals surface area contributed by atoms with Crippen molar-refractivity contribution in [3.05, 3.63) is 42.0 Å². The Balaban J connectivity index is 1.71. The van der Waals surface area contributed by atoms with Gasteiger partial charge in [-0.1, -0.05) is 78.1 Å². The number of aryl methyl sites for hydroxylation is 2. The Morgan fingerprint density at radius 2 is 1.14 bits per heavy atom. The highest BCUT2D eigenvalue weighted by molar-refractivity contribution is 5.53. The summed E-state index contributed by atoms with van der Waals surface area (Å²) in [5.74, 6) is 0.783. The van der Waals surface area contributed by atoms with Crippen LogP contribution in [0.5, 0.6) is 0 Å². The van der Waals surface area contributed by atoms with E-state index < -0.39 is 0 Å². The van der Waals surface area contributed by atoms with Crippen LogP contribution in [-0.4, -0.2) is 15.0 Å². The summed E-state index contributed by atoms with van der Waals surface area (Å²) >= 11 is 0. The zero-order chi connectivity index (χ0) is 19.9. The molecule has 3 nitrogen and oxygen atoms in total. The van der Waals surface area contributed by atoms with Crippen molar-refractivity contribution in [1.82, 2.24) is 15.0 Å². The second-order valence-corrected chi connectivity index (χ2v) is 7.99. The lowest BCUT2D eigenvalue weighted by atomic mass is 10.1. The molecule has 3 heteroatoms. The van der Waals surface area contributed by atoms with E-state index in [0.717, 1.165) is 24.2 Å². The average molecular weight is 382 g/mol. The first-order chi connectivity index (χ1) is 13.8. The number of hydrogen-bond donors (Lipinski definition) is 0. The van der Waals surface area contributed by atoms with E-state index in [4.69, 9.17) is 0 Å². The van der Waals surface area contributed by atoms with Gasteiger partial charge in [0.2, 0.25) is 0 Å². The molecule has 0 unspecified atom stereocenters. The lowest BCUT2D eigenvalue weighted by Gasteiger charge is -2.05. The van der Waals surface area contributed by atoms with E-state index in [2.05, 4.69) is 40.9 Å². The number of nitrogens with zero attached hydrogens (tertiary/aromatic N) is 3. The first kappa shape index (κ1) is 22.5. The standard InChI is InChI=1S/C25H39N3/c1-3-5-7-9-11-13-15-22-19-27-25(28-20-22)23-17-18-24(26-21-23)16-14-12-10-8-6-4-2/h17-21H,3-16H2,1-2H3. The smallest absolute Gasteiger partial charge is 0.160 e. The molecule has 2 rings (SSSR count). The largest absolute Gasteiger partial charge is 0.261 e. The zero-order valence-electron chi connectivity index (χ0n) is 18.1. The van der Waals surface area contributed by atoms with Gasteiger partial charge in [-0.15, -0.1) is 0 Å². The summed E-state index contributed by atoms with van der Waals surface area (Å²) in [4.78, 5) is 13.7. The van der Waals surface area contributed by atoms with Gasteiger partial charge in [0.25, 0.3) is 0 Å². The van der Waals surface area contributed by atoms with Gasteiger partial charge in [0, 0.05) is 29.8 Å². The van der Waals surface area contributed by atoms with E-state index in [1.54, 1.807) is 0 Å². The molecule has 0 N–H and O–H groups in total. The lowest BCUT2D eigenvalue weighted by Crippen LogP contribution is -1.95. The predicted octanol–water partition coefficient (Wildman–Crippen LogP) is 7.34. The van der Waals surface area contributed by atoms with Crippen LogP contribution in [0.25, 0.3) is 11.4 Å². The summed E-state index contributed by atoms with van der Waals surface area (Å²) in [7, 11) is 0. The molecule has 0 atom stereocenters. The SMILES string of the molecule is CCCCCCCCc1cnc(-c2ccc(CCCCCCCC)nc2)nc1. The van der Waals surface area contributed by atoms with E-state index in [0.29, 0.717) is 0 Å². The van der Waals surface area contributed by atoms with Crippen LogP contribution in [0.3, 0.4) is 0 Å². The number of aromatic nitrogens is 3. The van der Waals surface area contributed by atoms with Gasteiger partial charge in [0.1, 0.15) is 0 Å². The van der Waals surface area contributed by atoms with Crippen molar-refractivity contribution >= 4 is 0 Å². The topological polar surface area (TPSA) is 38.7 Å². The second kappa shape index (κ2) is 14.3. The molecule has 0 aromatic carbocycles. The van der Waals surface area contributed by atoms with Crippen LogP contribution in [-0.2, 0) is 12.8 Å². The predicted molar refractivity (Wildman–Crippen MR) is 119 cm³/mol. The van der Waals surface area contributed by atoms with Gasteiger partial charge in [-0.25, -0.2) is 9.97 Å². The average Bonchev–Trinajstić information content (AvgIpc) is 2.74. The molecule has 2 aromatic heterocycles. The molecule has 0 aliphatic heterocycles. The van der Waals surface area contributed by atoms with Crippen molar-refractivity contribution < 1.29 is 0 Å². The fourth-order valence-electron chi connectivity index (χ4n) is 3.53. The van der Waals surface area contributed by atoms with Gasteiger partial charge in [-0.05, 0) is 43.4 Å². The highest BCUT2D eigenvalue weighted by Gasteiger charge is 2.03. The molecular formula is C25H39N3. The Hall–Kier alpha value is -1.77. The first-order valence-electron chi connectivity index (χ1n) is 11.6. The number of hydrogen-bond acceptors (Lipinski definition) is 3. The van der Waals surface area contributed by atoms with Crippen molar-refractivity contribution in [3.63, 3.8) is 0 Å². The van der Waals surface area contributed by atoms with Gasteiger partial charge in [-0.3, -0.25) is 4.98 Å². The van der Waals surface area contributed by atoms with Crippen LogP contribution in [0.1, 0.15) is 102 Å². The summed E-state index contributed by atoms with van der Waals surface area (Å²) in [6.45, 7) is 4.52. The summed E-state index contributed by atoms with van der Waals surface area (Å²) in [5, 5.41) is 0. The number of unbranched alkanes of at least 4 members (excludes halogenated alkanes) is 10. The van der Waals surface area contributed by atoms with Crippen molar-refractivity contribution in [2.45, 2.75) is 104 Å². The second-order valence-electron chi connectivity index (χ2n) is 7.99. The number of pyridine rings is 1. The van der Waals surface area contributed by atoms with Crippen LogP contribution in [0.15, 0.2) is 30.7 Å². The summed E-state index contributed by atoms with van der Waals surface area (Å²) in [6, 6.07) is 4.25. The molecule has 0 bridgehead atoms. The summed E-state index contributed by atoms with van der Waals surface area (Å²) in [6.07, 6.45) is 23.9. The molecule has 0 aliphatic carbocycles. The molecule has 28 heavy (non-hydrogen) atoms. The van der Waals surface area contributed by atoms with Crippen molar-refractivity contribution in [2.24, 2.45) is 0 Å². The third-order valence-corrected chi connectivity index (χ3v) is 5.39. The molecular weight excluding hydrogens is 342 g/mol. The zero-order valence-corrected chi connectivity index (χ0v) is 18.1. The van der Waals surface area contributed by atoms with Crippen LogP contribution < -0.4 is 0 Å². The van der Waals surface area contributed by atoms with Crippen LogP contribution in [0.4, 0.5) is 0 Å².